The van der Waals surface area contributed by atoms with Crippen LogP contribution in [0.3, 0.4) is 0 Å². The van der Waals surface area contributed by atoms with Gasteiger partial charge in [-0.3, -0.25) is 9.78 Å². The molecule has 3 rings (SSSR count). The van der Waals surface area contributed by atoms with Crippen LogP contribution in [0.5, 0.6) is 0 Å². The van der Waals surface area contributed by atoms with E-state index in [9.17, 15) is 13.6 Å². The molecule has 1 aliphatic heterocycles. The fraction of sp³-hybridized carbons (Fsp3) is 0.421. The van der Waals surface area contributed by atoms with Gasteiger partial charge in [0.05, 0.1) is 16.2 Å². The van der Waals surface area contributed by atoms with Crippen LogP contribution in [0.4, 0.5) is 14.5 Å². The fourth-order valence-electron chi connectivity index (χ4n) is 3.24. The molecule has 1 aromatic carbocycles. The number of nitrogens with one attached hydrogen (secondary N) is 1. The summed E-state index contributed by atoms with van der Waals surface area (Å²) in [6.45, 7) is 2.20. The van der Waals surface area contributed by atoms with E-state index in [1.54, 1.807) is 25.1 Å². The van der Waals surface area contributed by atoms with Crippen LogP contribution in [-0.2, 0) is 9.53 Å². The number of aliphatic imine (C=N–C) groups is 1. The summed E-state index contributed by atoms with van der Waals surface area (Å²) in [5.41, 5.74) is 4.74. The van der Waals surface area contributed by atoms with E-state index in [-0.39, 0.29) is 18.3 Å². The van der Waals surface area contributed by atoms with Crippen molar-refractivity contribution in [3.05, 3.63) is 35.5 Å². The monoisotopic (exact) mass is 410 g/mol. The minimum absolute atomic E-state index is 0.170. The topological polar surface area (TPSA) is 89.6 Å². The van der Waals surface area contributed by atoms with Crippen molar-refractivity contribution in [2.45, 2.75) is 38.2 Å². The number of hydrogen-bond donors (Lipinski definition) is 2. The average Bonchev–Trinajstić information content (AvgIpc) is 2.63. The zero-order chi connectivity index (χ0) is 20.5. The molecule has 9 heteroatoms. The highest BCUT2D eigenvalue weighted by Gasteiger charge is 2.55. The first kappa shape index (κ1) is 20.3. The predicted octanol–water partition coefficient (Wildman–Crippen LogP) is 3.98. The third-order valence-corrected chi connectivity index (χ3v) is 5.20. The quantitative estimate of drug-likeness (QED) is 0.780. The van der Waals surface area contributed by atoms with Crippen LogP contribution in [0.25, 0.3) is 10.9 Å². The van der Waals surface area contributed by atoms with Crippen molar-refractivity contribution >= 4 is 40.1 Å². The molecule has 1 unspecified atom stereocenters. The molecule has 0 radical (unpaired) electrons. The summed E-state index contributed by atoms with van der Waals surface area (Å²) in [5, 5.41) is 4.04. The van der Waals surface area contributed by atoms with Gasteiger partial charge >= 0.3 is 5.92 Å². The molecule has 2 heterocycles. The lowest BCUT2D eigenvalue weighted by molar-refractivity contribution is -0.130. The first-order valence-electron chi connectivity index (χ1n) is 8.86. The predicted molar refractivity (Wildman–Crippen MR) is 105 cm³/mol. The van der Waals surface area contributed by atoms with Crippen molar-refractivity contribution in [1.29, 1.82) is 0 Å². The Bertz CT molecular complexity index is 937. The van der Waals surface area contributed by atoms with Crippen LogP contribution in [0.1, 0.15) is 26.7 Å². The van der Waals surface area contributed by atoms with E-state index in [0.717, 1.165) is 5.39 Å². The number of fused-ring (bicyclic) bond motifs is 1. The molecule has 0 fully saturated rings. The maximum absolute atomic E-state index is 14.4. The molecule has 28 heavy (non-hydrogen) atoms. The fourth-order valence-corrected chi connectivity index (χ4v) is 3.41. The highest BCUT2D eigenvalue weighted by molar-refractivity contribution is 6.31. The number of rotatable bonds is 5. The number of carbonyl (C=O) groups is 1. The molecule has 6 nitrogen and oxygen atoms in total. The zero-order valence-electron chi connectivity index (χ0n) is 15.5. The number of nitrogens with two attached hydrogens (primary N) is 1. The van der Waals surface area contributed by atoms with Crippen molar-refractivity contribution in [2.75, 3.05) is 11.9 Å². The van der Waals surface area contributed by atoms with Gasteiger partial charge < -0.3 is 15.8 Å². The van der Waals surface area contributed by atoms with Gasteiger partial charge in [0.2, 0.25) is 5.91 Å². The van der Waals surface area contributed by atoms with Crippen molar-refractivity contribution in [3.63, 3.8) is 0 Å². The smallest absolute Gasteiger partial charge is 0.305 e. The minimum Gasteiger partial charge on any atom is -0.459 e. The maximum Gasteiger partial charge on any atom is 0.305 e. The van der Waals surface area contributed by atoms with E-state index in [1.165, 1.54) is 13.1 Å². The van der Waals surface area contributed by atoms with Gasteiger partial charge in [-0.25, -0.2) is 13.8 Å². The van der Waals surface area contributed by atoms with Gasteiger partial charge in [-0.05, 0) is 31.9 Å². The van der Waals surface area contributed by atoms with Crippen molar-refractivity contribution < 1.29 is 18.3 Å². The number of carbonyl (C=O) groups excluding carboxylic acids is 1. The van der Waals surface area contributed by atoms with Gasteiger partial charge in [0.25, 0.3) is 6.02 Å². The van der Waals surface area contributed by atoms with Gasteiger partial charge in [0.1, 0.15) is 5.54 Å². The van der Waals surface area contributed by atoms with Crippen molar-refractivity contribution in [1.82, 2.24) is 4.98 Å². The Kier molecular flexibility index (Phi) is 5.43. The highest BCUT2D eigenvalue weighted by Crippen LogP contribution is 2.40. The SMILES string of the molecule is CCC(C[C@@]1(C)N=C(N)OCC1(F)F)C(=O)Nc1cccc2cc(Cl)cnc12. The van der Waals surface area contributed by atoms with Gasteiger partial charge in [-0.2, -0.15) is 0 Å². The molecule has 0 bridgehead atoms. The number of nitrogens with zero attached hydrogens (tertiary/aromatic N) is 2. The number of alkyl halides is 2. The number of benzene rings is 1. The standard InChI is InChI=1S/C19H21ClF2N4O2/c1-3-11(8-18(2)19(21,22)10-28-17(23)26-18)16(27)25-14-6-4-5-12-7-13(20)9-24-15(12)14/h4-7,9,11H,3,8,10H2,1-2H3,(H2,23,26)(H,25,27)/t11?,18-/m1/s1. The number of halogens is 3. The van der Waals surface area contributed by atoms with Gasteiger partial charge in [-0.1, -0.05) is 30.7 Å². The van der Waals surface area contributed by atoms with E-state index < -0.39 is 24.0 Å². The lowest BCUT2D eigenvalue weighted by atomic mass is 9.82. The Morgan fingerprint density at radius 3 is 2.93 bits per heavy atom. The average molecular weight is 411 g/mol. The molecule has 2 aromatic rings. The van der Waals surface area contributed by atoms with E-state index in [2.05, 4.69) is 20.0 Å². The number of hydrogen-bond acceptors (Lipinski definition) is 5. The summed E-state index contributed by atoms with van der Waals surface area (Å²) in [4.78, 5) is 20.9. The van der Waals surface area contributed by atoms with E-state index >= 15 is 0 Å². The van der Waals surface area contributed by atoms with Gasteiger partial charge in [0.15, 0.2) is 6.61 Å². The number of ether oxygens (including phenoxy) is 1. The van der Waals surface area contributed by atoms with Crippen LogP contribution in [0.2, 0.25) is 5.02 Å². The lowest BCUT2D eigenvalue weighted by Crippen LogP contribution is -2.54. The summed E-state index contributed by atoms with van der Waals surface area (Å²) in [6, 6.07) is 6.73. The number of anilines is 1. The first-order valence-corrected chi connectivity index (χ1v) is 9.24. The molecule has 0 aliphatic carbocycles. The minimum atomic E-state index is -3.23. The number of amides is 1. The third kappa shape index (κ3) is 3.87. The van der Waals surface area contributed by atoms with E-state index in [4.69, 9.17) is 17.3 Å². The molecule has 0 spiro atoms. The first-order chi connectivity index (χ1) is 13.1. The number of aromatic nitrogens is 1. The number of para-hydroxylation sites is 1. The molecular formula is C19H21ClF2N4O2. The number of pyridine rings is 1. The number of amidine groups is 1. The summed E-state index contributed by atoms with van der Waals surface area (Å²) in [5.74, 6) is -4.32. The Morgan fingerprint density at radius 1 is 1.46 bits per heavy atom. The van der Waals surface area contributed by atoms with Crippen LogP contribution in [0, 0.1) is 5.92 Å². The summed E-state index contributed by atoms with van der Waals surface area (Å²) in [6.07, 6.45) is 1.67. The molecule has 1 amide bonds. The van der Waals surface area contributed by atoms with E-state index in [0.29, 0.717) is 22.6 Å². The largest absolute Gasteiger partial charge is 0.459 e. The lowest BCUT2D eigenvalue weighted by Gasteiger charge is -2.38. The van der Waals surface area contributed by atoms with Crippen LogP contribution < -0.4 is 11.1 Å². The molecule has 1 aliphatic rings. The van der Waals surface area contributed by atoms with Crippen LogP contribution >= 0.6 is 11.6 Å². The van der Waals surface area contributed by atoms with Crippen LogP contribution in [-0.4, -0.2) is 35.0 Å². The highest BCUT2D eigenvalue weighted by atomic mass is 35.5. The summed E-state index contributed by atoms with van der Waals surface area (Å²) >= 11 is 5.96. The van der Waals surface area contributed by atoms with Gasteiger partial charge in [-0.15, -0.1) is 0 Å². The Balaban J connectivity index is 1.84. The third-order valence-electron chi connectivity index (χ3n) is 4.99. The molecule has 1 aromatic heterocycles. The molecule has 3 N–H and O–H groups in total. The van der Waals surface area contributed by atoms with Crippen LogP contribution in [0.15, 0.2) is 35.5 Å². The zero-order valence-corrected chi connectivity index (χ0v) is 16.3. The Labute approximate surface area is 166 Å². The molecule has 2 atom stereocenters. The second-order valence-electron chi connectivity index (χ2n) is 7.05. The molecule has 0 saturated carbocycles. The molecular weight excluding hydrogens is 390 g/mol. The Hall–Kier alpha value is -2.48. The van der Waals surface area contributed by atoms with Gasteiger partial charge in [0, 0.05) is 17.5 Å². The summed E-state index contributed by atoms with van der Waals surface area (Å²) in [7, 11) is 0. The molecule has 150 valence electrons. The second kappa shape index (κ2) is 7.50. The van der Waals surface area contributed by atoms with Crippen molar-refractivity contribution in [3.8, 4) is 0 Å². The molecule has 0 saturated heterocycles. The van der Waals surface area contributed by atoms with E-state index in [1.807, 2.05) is 6.07 Å². The maximum atomic E-state index is 14.4. The van der Waals surface area contributed by atoms with Crippen molar-refractivity contribution in [2.24, 2.45) is 16.6 Å². The Morgan fingerprint density at radius 2 is 2.21 bits per heavy atom. The second-order valence-corrected chi connectivity index (χ2v) is 7.48. The summed E-state index contributed by atoms with van der Waals surface area (Å²) < 4.78 is 33.5. The normalized spacial score (nSPS) is 22.2.